The van der Waals surface area contributed by atoms with Gasteiger partial charge in [0.05, 0.1) is 18.3 Å². The number of piperidine rings is 1. The SMILES string of the molecule is CCC(=O)N1CCC[C@@H](C(=O)OCCOc2cncc(Cl)n2)C1. The van der Waals surface area contributed by atoms with Crippen LogP contribution in [0.5, 0.6) is 5.88 Å². The minimum absolute atomic E-state index is 0.0744. The Labute approximate surface area is 139 Å². The van der Waals surface area contributed by atoms with Crippen LogP contribution in [0.15, 0.2) is 12.4 Å². The van der Waals surface area contributed by atoms with Crippen LogP contribution >= 0.6 is 11.6 Å². The molecule has 1 aromatic heterocycles. The Morgan fingerprint density at radius 3 is 2.96 bits per heavy atom. The van der Waals surface area contributed by atoms with E-state index in [1.165, 1.54) is 12.4 Å². The number of hydrogen-bond donors (Lipinski definition) is 0. The highest BCUT2D eigenvalue weighted by Crippen LogP contribution is 2.18. The first-order chi connectivity index (χ1) is 11.1. The average molecular weight is 342 g/mol. The lowest BCUT2D eigenvalue weighted by atomic mass is 9.98. The molecule has 0 spiro atoms. The smallest absolute Gasteiger partial charge is 0.310 e. The summed E-state index contributed by atoms with van der Waals surface area (Å²) >= 11 is 5.69. The molecule has 1 fully saturated rings. The number of hydrogen-bond acceptors (Lipinski definition) is 6. The number of carbonyl (C=O) groups is 2. The van der Waals surface area contributed by atoms with Crippen molar-refractivity contribution in [2.75, 3.05) is 26.3 Å². The molecule has 1 aliphatic rings. The summed E-state index contributed by atoms with van der Waals surface area (Å²) in [5.41, 5.74) is 0. The molecular formula is C15H20ClN3O4. The number of rotatable bonds is 6. The van der Waals surface area contributed by atoms with E-state index in [1.807, 2.05) is 6.92 Å². The van der Waals surface area contributed by atoms with Crippen molar-refractivity contribution < 1.29 is 19.1 Å². The lowest BCUT2D eigenvalue weighted by molar-refractivity contribution is -0.152. The van der Waals surface area contributed by atoms with Crippen molar-refractivity contribution in [2.24, 2.45) is 5.92 Å². The van der Waals surface area contributed by atoms with Gasteiger partial charge in [-0.1, -0.05) is 18.5 Å². The highest BCUT2D eigenvalue weighted by atomic mass is 35.5. The Hall–Kier alpha value is -1.89. The maximum atomic E-state index is 12.1. The maximum Gasteiger partial charge on any atom is 0.310 e. The van der Waals surface area contributed by atoms with Gasteiger partial charge >= 0.3 is 5.97 Å². The van der Waals surface area contributed by atoms with E-state index in [4.69, 9.17) is 21.1 Å². The van der Waals surface area contributed by atoms with Crippen molar-refractivity contribution in [3.05, 3.63) is 17.5 Å². The topological polar surface area (TPSA) is 81.6 Å². The minimum atomic E-state index is -0.292. The predicted molar refractivity (Wildman–Crippen MR) is 83.1 cm³/mol. The Morgan fingerprint density at radius 2 is 2.22 bits per heavy atom. The van der Waals surface area contributed by atoms with Crippen molar-refractivity contribution in [1.29, 1.82) is 0 Å². The van der Waals surface area contributed by atoms with Crippen molar-refractivity contribution in [3.63, 3.8) is 0 Å². The molecule has 2 heterocycles. The summed E-state index contributed by atoms with van der Waals surface area (Å²) in [6, 6.07) is 0. The highest BCUT2D eigenvalue weighted by Gasteiger charge is 2.28. The van der Waals surface area contributed by atoms with E-state index in [9.17, 15) is 9.59 Å². The lowest BCUT2D eigenvalue weighted by Gasteiger charge is -2.31. The van der Waals surface area contributed by atoms with E-state index in [2.05, 4.69) is 9.97 Å². The molecule has 0 unspecified atom stereocenters. The summed E-state index contributed by atoms with van der Waals surface area (Å²) in [7, 11) is 0. The van der Waals surface area contributed by atoms with E-state index < -0.39 is 0 Å². The molecule has 1 saturated heterocycles. The van der Waals surface area contributed by atoms with E-state index >= 15 is 0 Å². The van der Waals surface area contributed by atoms with E-state index in [-0.39, 0.29) is 42.0 Å². The van der Waals surface area contributed by atoms with E-state index in [0.29, 0.717) is 19.5 Å². The minimum Gasteiger partial charge on any atom is -0.473 e. The summed E-state index contributed by atoms with van der Waals surface area (Å²) < 4.78 is 10.5. The highest BCUT2D eigenvalue weighted by molar-refractivity contribution is 6.29. The van der Waals surface area contributed by atoms with Crippen molar-refractivity contribution in [2.45, 2.75) is 26.2 Å². The van der Waals surface area contributed by atoms with Crippen LogP contribution in [-0.4, -0.2) is 53.0 Å². The van der Waals surface area contributed by atoms with Crippen molar-refractivity contribution in [3.8, 4) is 5.88 Å². The molecule has 0 aliphatic carbocycles. The van der Waals surface area contributed by atoms with Crippen LogP contribution in [-0.2, 0) is 14.3 Å². The number of halogens is 1. The first kappa shape index (κ1) is 17.5. The van der Waals surface area contributed by atoms with Gasteiger partial charge in [0, 0.05) is 19.5 Å². The van der Waals surface area contributed by atoms with Crippen LogP contribution in [0.2, 0.25) is 5.15 Å². The molecule has 2 rings (SSSR count). The third-order valence-electron chi connectivity index (χ3n) is 3.57. The van der Waals surface area contributed by atoms with Gasteiger partial charge in [0.1, 0.15) is 13.2 Å². The number of carbonyl (C=O) groups excluding carboxylic acids is 2. The molecule has 8 heteroatoms. The first-order valence-corrected chi connectivity index (χ1v) is 8.02. The Balaban J connectivity index is 1.71. The summed E-state index contributed by atoms with van der Waals surface area (Å²) in [5.74, 6) is -0.194. The van der Waals surface area contributed by atoms with Crippen molar-refractivity contribution >= 4 is 23.5 Å². The lowest BCUT2D eigenvalue weighted by Crippen LogP contribution is -2.42. The third kappa shape index (κ3) is 5.35. The molecule has 7 nitrogen and oxygen atoms in total. The van der Waals surface area contributed by atoms with Crippen LogP contribution in [0, 0.1) is 5.92 Å². The monoisotopic (exact) mass is 341 g/mol. The Bertz CT molecular complexity index is 555. The number of ether oxygens (including phenoxy) is 2. The fraction of sp³-hybridized carbons (Fsp3) is 0.600. The van der Waals surface area contributed by atoms with Gasteiger partial charge in [0.2, 0.25) is 11.8 Å². The van der Waals surface area contributed by atoms with Gasteiger partial charge in [-0.05, 0) is 12.8 Å². The van der Waals surface area contributed by atoms with Gasteiger partial charge < -0.3 is 14.4 Å². The molecule has 1 aromatic rings. The van der Waals surface area contributed by atoms with Crippen LogP contribution in [0.25, 0.3) is 0 Å². The van der Waals surface area contributed by atoms with Crippen LogP contribution < -0.4 is 4.74 Å². The standard InChI is InChI=1S/C15H20ClN3O4/c1-2-14(20)19-5-3-4-11(10-19)15(21)23-7-6-22-13-9-17-8-12(16)18-13/h8-9,11H,2-7,10H2,1H3/t11-/m1/s1. The quantitative estimate of drug-likeness (QED) is 0.578. The molecule has 1 amide bonds. The normalized spacial score (nSPS) is 17.7. The number of likely N-dealkylation sites (tertiary alicyclic amines) is 1. The van der Waals surface area contributed by atoms with E-state index in [1.54, 1.807) is 4.90 Å². The fourth-order valence-electron chi connectivity index (χ4n) is 2.42. The second-order valence-electron chi connectivity index (χ2n) is 5.23. The van der Waals surface area contributed by atoms with Gasteiger partial charge in [-0.3, -0.25) is 14.6 Å². The zero-order chi connectivity index (χ0) is 16.7. The largest absolute Gasteiger partial charge is 0.473 e. The molecule has 0 aromatic carbocycles. The van der Waals surface area contributed by atoms with Gasteiger partial charge in [-0.25, -0.2) is 0 Å². The zero-order valence-corrected chi connectivity index (χ0v) is 13.8. The number of aromatic nitrogens is 2. The van der Waals surface area contributed by atoms with Crippen molar-refractivity contribution in [1.82, 2.24) is 14.9 Å². The molecule has 0 radical (unpaired) electrons. The van der Waals surface area contributed by atoms with Gasteiger partial charge in [-0.2, -0.15) is 4.98 Å². The second-order valence-corrected chi connectivity index (χ2v) is 5.62. The fourth-order valence-corrected chi connectivity index (χ4v) is 2.56. The number of esters is 1. The summed E-state index contributed by atoms with van der Waals surface area (Å²) in [6.45, 7) is 3.26. The number of amides is 1. The molecule has 126 valence electrons. The molecule has 0 bridgehead atoms. The molecule has 1 atom stereocenters. The Kier molecular flexibility index (Phi) is 6.58. The summed E-state index contributed by atoms with van der Waals surface area (Å²) in [4.78, 5) is 33.2. The second kappa shape index (κ2) is 8.67. The third-order valence-corrected chi connectivity index (χ3v) is 3.75. The van der Waals surface area contributed by atoms with Gasteiger partial charge in [0.15, 0.2) is 5.15 Å². The van der Waals surface area contributed by atoms with Gasteiger partial charge in [-0.15, -0.1) is 0 Å². The molecule has 0 N–H and O–H groups in total. The molecule has 23 heavy (non-hydrogen) atoms. The molecule has 0 saturated carbocycles. The van der Waals surface area contributed by atoms with E-state index in [0.717, 1.165) is 12.8 Å². The maximum absolute atomic E-state index is 12.1. The van der Waals surface area contributed by atoms with Gasteiger partial charge in [0.25, 0.3) is 0 Å². The molecular weight excluding hydrogens is 322 g/mol. The molecule has 1 aliphatic heterocycles. The summed E-state index contributed by atoms with van der Waals surface area (Å²) in [6.07, 6.45) is 4.85. The zero-order valence-electron chi connectivity index (χ0n) is 13.0. The predicted octanol–water partition coefficient (Wildman–Crippen LogP) is 1.70. The summed E-state index contributed by atoms with van der Waals surface area (Å²) in [5, 5.41) is 0.238. The first-order valence-electron chi connectivity index (χ1n) is 7.65. The number of nitrogens with zero attached hydrogens (tertiary/aromatic N) is 3. The van der Waals surface area contributed by atoms with Crippen LogP contribution in [0.1, 0.15) is 26.2 Å². The Morgan fingerprint density at radius 1 is 1.39 bits per heavy atom. The average Bonchev–Trinajstić information content (AvgIpc) is 2.58. The van der Waals surface area contributed by atoms with Crippen LogP contribution in [0.4, 0.5) is 0 Å². The van der Waals surface area contributed by atoms with Crippen LogP contribution in [0.3, 0.4) is 0 Å².